The first-order valence-electron chi connectivity index (χ1n) is 9.54. The van der Waals surface area contributed by atoms with Crippen molar-refractivity contribution in [1.29, 1.82) is 0 Å². The lowest BCUT2D eigenvalue weighted by atomic mass is 10.1. The molecule has 0 unspecified atom stereocenters. The molecule has 2 N–H and O–H groups in total. The van der Waals surface area contributed by atoms with Crippen LogP contribution in [-0.2, 0) is 4.79 Å². The van der Waals surface area contributed by atoms with E-state index in [1.165, 1.54) is 11.3 Å². The largest absolute Gasteiger partial charge is 0.496 e. The zero-order chi connectivity index (χ0) is 21.3. The molecule has 0 bridgehead atoms. The SMILES string of the molecule is COc1cc2c(OC3CCN(C(C)=O)CC3)c(C(=O)Nc3nn[nH]n3)sc2cc1C. The molecule has 0 atom stereocenters. The fourth-order valence-corrected chi connectivity index (χ4v) is 4.63. The molecule has 30 heavy (non-hydrogen) atoms. The number of anilines is 1. The maximum Gasteiger partial charge on any atom is 0.272 e. The Hall–Kier alpha value is -3.21. The van der Waals surface area contributed by atoms with Crippen LogP contribution in [0.4, 0.5) is 5.95 Å². The van der Waals surface area contributed by atoms with E-state index in [0.717, 1.165) is 21.4 Å². The van der Waals surface area contributed by atoms with Crippen LogP contribution in [0.1, 0.15) is 35.0 Å². The van der Waals surface area contributed by atoms with E-state index in [-0.39, 0.29) is 23.9 Å². The zero-order valence-corrected chi connectivity index (χ0v) is 17.7. The lowest BCUT2D eigenvalue weighted by molar-refractivity contribution is -0.130. The Morgan fingerprint density at radius 2 is 2.07 bits per heavy atom. The van der Waals surface area contributed by atoms with Gasteiger partial charge in [0.15, 0.2) is 5.75 Å². The Labute approximate surface area is 176 Å². The van der Waals surface area contributed by atoms with Crippen molar-refractivity contribution in [2.75, 3.05) is 25.5 Å². The summed E-state index contributed by atoms with van der Waals surface area (Å²) < 4.78 is 12.7. The third-order valence-corrected chi connectivity index (χ3v) is 6.24. The molecule has 1 fully saturated rings. The highest BCUT2D eigenvalue weighted by Gasteiger charge is 2.27. The number of H-pyrrole nitrogens is 1. The van der Waals surface area contributed by atoms with E-state index in [1.54, 1.807) is 14.0 Å². The van der Waals surface area contributed by atoms with E-state index in [0.29, 0.717) is 36.6 Å². The molecule has 2 aromatic heterocycles. The molecule has 10 nitrogen and oxygen atoms in total. The molecule has 1 aromatic carbocycles. The molecule has 0 saturated carbocycles. The van der Waals surface area contributed by atoms with Gasteiger partial charge in [-0.1, -0.05) is 5.10 Å². The first-order valence-corrected chi connectivity index (χ1v) is 10.4. The number of likely N-dealkylation sites (tertiary alicyclic amines) is 1. The number of nitrogens with one attached hydrogen (secondary N) is 2. The van der Waals surface area contributed by atoms with Gasteiger partial charge in [-0.2, -0.15) is 5.21 Å². The van der Waals surface area contributed by atoms with Gasteiger partial charge >= 0.3 is 0 Å². The Morgan fingerprint density at radius 1 is 1.30 bits per heavy atom. The Kier molecular flexibility index (Phi) is 5.53. The van der Waals surface area contributed by atoms with Crippen LogP contribution in [0.5, 0.6) is 11.5 Å². The number of carbonyl (C=O) groups excluding carboxylic acids is 2. The van der Waals surface area contributed by atoms with Crippen molar-refractivity contribution in [2.24, 2.45) is 0 Å². The van der Waals surface area contributed by atoms with E-state index in [4.69, 9.17) is 9.47 Å². The van der Waals surface area contributed by atoms with Crippen molar-refractivity contribution in [2.45, 2.75) is 32.8 Å². The monoisotopic (exact) mass is 430 g/mol. The number of piperidine rings is 1. The number of hydrogen-bond donors (Lipinski definition) is 2. The Morgan fingerprint density at radius 3 is 2.70 bits per heavy atom. The smallest absolute Gasteiger partial charge is 0.272 e. The van der Waals surface area contributed by atoms with Crippen LogP contribution in [0, 0.1) is 6.92 Å². The average Bonchev–Trinajstić information content (AvgIpc) is 3.35. The van der Waals surface area contributed by atoms with Gasteiger partial charge < -0.3 is 14.4 Å². The molecule has 11 heteroatoms. The van der Waals surface area contributed by atoms with Crippen molar-refractivity contribution in [3.8, 4) is 11.5 Å². The third kappa shape index (κ3) is 3.92. The summed E-state index contributed by atoms with van der Waals surface area (Å²) in [6.07, 6.45) is 1.31. The number of carbonyl (C=O) groups is 2. The van der Waals surface area contributed by atoms with Gasteiger partial charge in [0, 0.05) is 42.9 Å². The first-order chi connectivity index (χ1) is 14.5. The fourth-order valence-electron chi connectivity index (χ4n) is 3.52. The summed E-state index contributed by atoms with van der Waals surface area (Å²) in [7, 11) is 1.61. The molecular weight excluding hydrogens is 408 g/mol. The van der Waals surface area contributed by atoms with Gasteiger partial charge in [0.05, 0.1) is 7.11 Å². The quantitative estimate of drug-likeness (QED) is 0.637. The summed E-state index contributed by atoms with van der Waals surface area (Å²) in [5, 5.41) is 16.8. The third-order valence-electron chi connectivity index (χ3n) is 5.11. The summed E-state index contributed by atoms with van der Waals surface area (Å²) >= 11 is 1.34. The first kappa shape index (κ1) is 20.1. The minimum absolute atomic E-state index is 0.0647. The van der Waals surface area contributed by atoms with Crippen LogP contribution in [0.15, 0.2) is 12.1 Å². The molecule has 1 saturated heterocycles. The highest BCUT2D eigenvalue weighted by atomic mass is 32.1. The van der Waals surface area contributed by atoms with Crippen LogP contribution in [-0.4, -0.2) is 63.6 Å². The Bertz CT molecular complexity index is 1070. The van der Waals surface area contributed by atoms with Gasteiger partial charge in [0.1, 0.15) is 16.7 Å². The summed E-state index contributed by atoms with van der Waals surface area (Å²) in [5.41, 5.74) is 0.970. The second-order valence-corrected chi connectivity index (χ2v) is 8.14. The van der Waals surface area contributed by atoms with Crippen molar-refractivity contribution >= 4 is 39.2 Å². The molecule has 0 aliphatic carbocycles. The van der Waals surface area contributed by atoms with Gasteiger partial charge in [0.2, 0.25) is 5.91 Å². The summed E-state index contributed by atoms with van der Waals surface area (Å²) in [4.78, 5) is 26.8. The number of thiophene rings is 1. The number of aromatic amines is 1. The standard InChI is InChI=1S/C19H22N6O4S/c1-10-8-15-13(9-14(10)28-3)16(29-12-4-6-25(7-5-12)11(2)26)17(30-15)18(27)20-19-21-23-24-22-19/h8-9,12H,4-7H2,1-3H3,(H2,20,21,22,23,24,27). The summed E-state index contributed by atoms with van der Waals surface area (Å²) in [6.45, 7) is 4.79. The number of ether oxygens (including phenoxy) is 2. The van der Waals surface area contributed by atoms with Crippen LogP contribution in [0.3, 0.4) is 0 Å². The summed E-state index contributed by atoms with van der Waals surface area (Å²) in [6, 6.07) is 3.88. The highest BCUT2D eigenvalue weighted by Crippen LogP contribution is 2.42. The number of nitrogens with zero attached hydrogens (tertiary/aromatic N) is 4. The summed E-state index contributed by atoms with van der Waals surface area (Å²) in [5.74, 6) is 1.02. The van der Waals surface area contributed by atoms with E-state index in [1.807, 2.05) is 24.0 Å². The lowest BCUT2D eigenvalue weighted by Gasteiger charge is -2.31. The molecule has 1 aliphatic heterocycles. The predicted molar refractivity (Wildman–Crippen MR) is 111 cm³/mol. The van der Waals surface area contributed by atoms with Gasteiger partial charge in [-0.25, -0.2) is 0 Å². The molecule has 3 aromatic rings. The maximum absolute atomic E-state index is 12.9. The van der Waals surface area contributed by atoms with E-state index >= 15 is 0 Å². The van der Waals surface area contributed by atoms with Gasteiger partial charge in [0.25, 0.3) is 11.9 Å². The molecule has 1 aliphatic rings. The maximum atomic E-state index is 12.9. The van der Waals surface area contributed by atoms with E-state index < -0.39 is 0 Å². The molecule has 0 spiro atoms. The van der Waals surface area contributed by atoms with Crippen LogP contribution in [0.2, 0.25) is 0 Å². The minimum Gasteiger partial charge on any atom is -0.496 e. The lowest BCUT2D eigenvalue weighted by Crippen LogP contribution is -2.40. The van der Waals surface area contributed by atoms with Crippen molar-refractivity contribution in [3.05, 3.63) is 22.6 Å². The van der Waals surface area contributed by atoms with Crippen molar-refractivity contribution in [3.63, 3.8) is 0 Å². The number of aryl methyl sites for hydroxylation is 1. The molecule has 3 heterocycles. The van der Waals surface area contributed by atoms with Crippen molar-refractivity contribution < 1.29 is 19.1 Å². The second kappa shape index (κ2) is 8.27. The van der Waals surface area contributed by atoms with Gasteiger partial charge in [-0.3, -0.25) is 14.9 Å². The minimum atomic E-state index is -0.370. The van der Waals surface area contributed by atoms with Gasteiger partial charge in [-0.15, -0.1) is 16.4 Å². The topological polar surface area (TPSA) is 122 Å². The van der Waals surface area contributed by atoms with Gasteiger partial charge in [-0.05, 0) is 29.8 Å². The molecule has 0 radical (unpaired) electrons. The second-order valence-electron chi connectivity index (χ2n) is 7.09. The van der Waals surface area contributed by atoms with Crippen molar-refractivity contribution in [1.82, 2.24) is 25.5 Å². The number of amides is 2. The van der Waals surface area contributed by atoms with Crippen LogP contribution >= 0.6 is 11.3 Å². The normalized spacial score (nSPS) is 14.7. The Balaban J connectivity index is 1.67. The number of aromatic nitrogens is 4. The number of fused-ring (bicyclic) bond motifs is 1. The number of tetrazole rings is 1. The molecule has 2 amide bonds. The van der Waals surface area contributed by atoms with E-state index in [9.17, 15) is 9.59 Å². The van der Waals surface area contributed by atoms with E-state index in [2.05, 4.69) is 25.9 Å². The zero-order valence-electron chi connectivity index (χ0n) is 16.9. The number of rotatable bonds is 5. The fraction of sp³-hybridized carbons (Fsp3) is 0.421. The molecule has 158 valence electrons. The van der Waals surface area contributed by atoms with Crippen LogP contribution in [0.25, 0.3) is 10.1 Å². The average molecular weight is 430 g/mol. The predicted octanol–water partition coefficient (Wildman–Crippen LogP) is 2.37. The van der Waals surface area contributed by atoms with Crippen LogP contribution < -0.4 is 14.8 Å². The molecule has 4 rings (SSSR count). The molecular formula is C19H22N6O4S. The highest BCUT2D eigenvalue weighted by molar-refractivity contribution is 7.21. The number of hydrogen-bond acceptors (Lipinski definition) is 8. The number of benzene rings is 1. The number of methoxy groups -OCH3 is 1.